The lowest BCUT2D eigenvalue weighted by Gasteiger charge is -2.31. The van der Waals surface area contributed by atoms with Crippen LogP contribution < -0.4 is 0 Å². The van der Waals surface area contributed by atoms with Crippen molar-refractivity contribution < 1.29 is 28.5 Å². The average Bonchev–Trinajstić information content (AvgIpc) is 4.26. The van der Waals surface area contributed by atoms with Gasteiger partial charge in [0.2, 0.25) is 0 Å². The van der Waals surface area contributed by atoms with Crippen LogP contribution in [0.3, 0.4) is 0 Å². The molecule has 2 heterocycles. The summed E-state index contributed by atoms with van der Waals surface area (Å²) in [6.07, 6.45) is 33.3. The lowest BCUT2D eigenvalue weighted by atomic mass is 9.72. The first-order valence-electron chi connectivity index (χ1n) is 28.6. The van der Waals surface area contributed by atoms with E-state index >= 15 is 0 Å². The highest BCUT2D eigenvalue weighted by Gasteiger charge is 2.50. The van der Waals surface area contributed by atoms with Crippen LogP contribution in [0.1, 0.15) is 212 Å². The predicted octanol–water partition coefficient (Wildman–Crippen LogP) is 15.7. The summed E-state index contributed by atoms with van der Waals surface area (Å²) in [5, 5.41) is 0. The molecule has 6 aliphatic rings. The molecule has 6 nitrogen and oxygen atoms in total. The van der Waals surface area contributed by atoms with Crippen molar-refractivity contribution >= 4 is 11.9 Å². The molecule has 0 spiro atoms. The van der Waals surface area contributed by atoms with E-state index in [1.807, 2.05) is 0 Å². The van der Waals surface area contributed by atoms with Crippen molar-refractivity contribution in [3.05, 3.63) is 118 Å². The van der Waals surface area contributed by atoms with E-state index in [0.29, 0.717) is 75.1 Å². The first-order chi connectivity index (χ1) is 34.6. The third-order valence-corrected chi connectivity index (χ3v) is 17.6. The number of hydrogen-bond donors (Lipinski definition) is 0. The second-order valence-corrected chi connectivity index (χ2v) is 22.4. The molecule has 2 aliphatic heterocycles. The summed E-state index contributed by atoms with van der Waals surface area (Å²) in [7, 11) is 0. The molecule has 0 amide bonds. The molecular weight excluding hydrogens is 865 g/mol. The number of fused-ring (bicyclic) bond motifs is 8. The largest absolute Gasteiger partial charge is 0.466 e. The number of epoxide rings is 2. The third-order valence-electron chi connectivity index (χ3n) is 17.6. The van der Waals surface area contributed by atoms with E-state index in [1.54, 1.807) is 22.3 Å². The fourth-order valence-electron chi connectivity index (χ4n) is 13.7. The molecule has 0 aromatic heterocycles. The zero-order valence-corrected chi connectivity index (χ0v) is 42.4. The van der Waals surface area contributed by atoms with Gasteiger partial charge in [0.15, 0.2) is 0 Å². The second-order valence-electron chi connectivity index (χ2n) is 22.4. The van der Waals surface area contributed by atoms with Crippen LogP contribution in [0.4, 0.5) is 0 Å². The Hall–Kier alpha value is -4.26. The topological polar surface area (TPSA) is 77.7 Å². The quantitative estimate of drug-likeness (QED) is 0.0265. The molecule has 10 rings (SSSR count). The van der Waals surface area contributed by atoms with E-state index in [0.717, 1.165) is 50.4 Å². The molecule has 374 valence electrons. The smallest absolute Gasteiger partial charge is 0.305 e. The molecule has 0 N–H and O–H groups in total. The highest BCUT2D eigenvalue weighted by atomic mass is 16.6. The second kappa shape index (κ2) is 24.4. The van der Waals surface area contributed by atoms with Crippen LogP contribution >= 0.6 is 0 Å². The number of benzene rings is 4. The normalized spacial score (nSPS) is 24.2. The molecule has 8 atom stereocenters. The van der Waals surface area contributed by atoms with Crippen molar-refractivity contribution in [3.63, 3.8) is 0 Å². The van der Waals surface area contributed by atoms with Gasteiger partial charge in [-0.3, -0.25) is 9.59 Å². The van der Waals surface area contributed by atoms with Gasteiger partial charge in [-0.2, -0.15) is 0 Å². The number of carbonyl (C=O) groups is 2. The van der Waals surface area contributed by atoms with Gasteiger partial charge in [-0.25, -0.2) is 0 Å². The maximum absolute atomic E-state index is 12.3. The molecule has 0 radical (unpaired) electrons. The highest BCUT2D eigenvalue weighted by molar-refractivity contribution is 5.79. The standard InChI is InChI=1S/C64H82O6/c65-63(67-37-21-11-7-3-1-5-9-13-25-47-41-59-61(69-59)43-55(47)53-33-23-31-51-49-29-17-15-27-45(49)39-57(51)53)35-19-20-36-64(66)68-38-22-12-8-4-2-6-10-14-26-48-42-60-62(70-60)44-56(48)54-34-24-32-52-50-30-18-16-28-46(50)40-58(52)54/h15-18,23-24,27-34,47-48,55-56,59-62H,1-14,19-22,25-26,35-44H2. The number of rotatable bonds is 29. The van der Waals surface area contributed by atoms with E-state index in [2.05, 4.69) is 84.9 Å². The van der Waals surface area contributed by atoms with Crippen molar-refractivity contribution in [2.24, 2.45) is 11.8 Å². The Morgan fingerprint density at radius 1 is 0.400 bits per heavy atom. The van der Waals surface area contributed by atoms with Crippen molar-refractivity contribution in [2.75, 3.05) is 13.2 Å². The fourth-order valence-corrected chi connectivity index (χ4v) is 13.7. The Kier molecular flexibility index (Phi) is 17.2. The lowest BCUT2D eigenvalue weighted by molar-refractivity contribution is -0.146. The molecule has 2 saturated heterocycles. The number of unbranched alkanes of at least 4 members (excludes halogenated alkanes) is 15. The number of esters is 2. The summed E-state index contributed by atoms with van der Waals surface area (Å²) >= 11 is 0. The van der Waals surface area contributed by atoms with Gasteiger partial charge in [0.05, 0.1) is 37.6 Å². The minimum Gasteiger partial charge on any atom is -0.466 e. The Morgan fingerprint density at radius 3 is 1.21 bits per heavy atom. The SMILES string of the molecule is O=C(CCCCC(=O)OCCCCCCCCCCC1CC2OC2CC1c1cccc2c1Cc1ccccc1-2)OCCCCCCCCCCC1CC2OC2CC1c1cccc2c1Cc1ccccc1-2. The van der Waals surface area contributed by atoms with Gasteiger partial charge >= 0.3 is 11.9 Å². The van der Waals surface area contributed by atoms with E-state index in [4.69, 9.17) is 18.9 Å². The molecule has 4 aromatic carbocycles. The molecule has 4 fully saturated rings. The summed E-state index contributed by atoms with van der Waals surface area (Å²) in [6, 6.07) is 32.0. The Bertz CT molecular complexity index is 2190. The van der Waals surface area contributed by atoms with Crippen molar-refractivity contribution in [1.29, 1.82) is 0 Å². The van der Waals surface area contributed by atoms with Crippen molar-refractivity contribution in [2.45, 2.75) is 216 Å². The van der Waals surface area contributed by atoms with Crippen LogP contribution in [0.5, 0.6) is 0 Å². The van der Waals surface area contributed by atoms with E-state index < -0.39 is 0 Å². The first-order valence-corrected chi connectivity index (χ1v) is 28.6. The summed E-state index contributed by atoms with van der Waals surface area (Å²) in [4.78, 5) is 24.6. The minimum atomic E-state index is -0.138. The van der Waals surface area contributed by atoms with Crippen LogP contribution in [0.25, 0.3) is 22.3 Å². The van der Waals surface area contributed by atoms with Crippen LogP contribution in [-0.2, 0) is 41.4 Å². The number of ether oxygens (including phenoxy) is 4. The molecule has 2 saturated carbocycles. The minimum absolute atomic E-state index is 0.138. The van der Waals surface area contributed by atoms with E-state index in [-0.39, 0.29) is 11.9 Å². The van der Waals surface area contributed by atoms with Gasteiger partial charge in [-0.15, -0.1) is 0 Å². The Labute approximate surface area is 420 Å². The Balaban J connectivity index is 0.492. The van der Waals surface area contributed by atoms with Gasteiger partial charge in [-0.05, 0) is 156 Å². The summed E-state index contributed by atoms with van der Waals surface area (Å²) in [5.41, 5.74) is 15.1. The van der Waals surface area contributed by atoms with Crippen LogP contribution in [0.2, 0.25) is 0 Å². The molecule has 0 bridgehead atoms. The lowest BCUT2D eigenvalue weighted by Crippen LogP contribution is -2.24. The zero-order valence-electron chi connectivity index (χ0n) is 42.4. The summed E-state index contributed by atoms with van der Waals surface area (Å²) < 4.78 is 23.2. The van der Waals surface area contributed by atoms with Gasteiger partial charge in [0.1, 0.15) is 0 Å². The van der Waals surface area contributed by atoms with E-state index in [1.165, 1.54) is 149 Å². The highest BCUT2D eigenvalue weighted by Crippen LogP contribution is 2.53. The van der Waals surface area contributed by atoms with Crippen LogP contribution in [0.15, 0.2) is 84.9 Å². The van der Waals surface area contributed by atoms with Crippen LogP contribution in [0, 0.1) is 11.8 Å². The maximum atomic E-state index is 12.3. The number of hydrogen-bond acceptors (Lipinski definition) is 6. The van der Waals surface area contributed by atoms with Crippen LogP contribution in [-0.4, -0.2) is 49.6 Å². The summed E-state index contributed by atoms with van der Waals surface area (Å²) in [5.74, 6) is 2.44. The Morgan fingerprint density at radius 2 is 0.771 bits per heavy atom. The zero-order chi connectivity index (χ0) is 47.5. The molecule has 8 unspecified atom stereocenters. The molecule has 4 aliphatic carbocycles. The number of carbonyl (C=O) groups excluding carboxylic acids is 2. The monoisotopic (exact) mass is 947 g/mol. The first kappa shape index (κ1) is 49.3. The van der Waals surface area contributed by atoms with Crippen molar-refractivity contribution in [1.82, 2.24) is 0 Å². The molecule has 70 heavy (non-hydrogen) atoms. The van der Waals surface area contributed by atoms with Crippen molar-refractivity contribution in [3.8, 4) is 22.3 Å². The molecule has 6 heteroatoms. The van der Waals surface area contributed by atoms with E-state index in [9.17, 15) is 9.59 Å². The van der Waals surface area contributed by atoms with Gasteiger partial charge in [0.25, 0.3) is 0 Å². The predicted molar refractivity (Wildman–Crippen MR) is 281 cm³/mol. The average molecular weight is 947 g/mol. The summed E-state index contributed by atoms with van der Waals surface area (Å²) in [6.45, 7) is 1.02. The van der Waals surface area contributed by atoms with Gasteiger partial charge in [0, 0.05) is 12.8 Å². The molecular formula is C64H82O6. The van der Waals surface area contributed by atoms with Gasteiger partial charge < -0.3 is 18.9 Å². The third kappa shape index (κ3) is 12.7. The maximum Gasteiger partial charge on any atom is 0.305 e. The molecule has 4 aromatic rings. The van der Waals surface area contributed by atoms with Gasteiger partial charge in [-0.1, -0.05) is 175 Å². The fraction of sp³-hybridized carbons (Fsp3) is 0.594.